The molecule has 0 aliphatic heterocycles. The van der Waals surface area contributed by atoms with Gasteiger partial charge in [0.2, 0.25) is 5.91 Å². The lowest BCUT2D eigenvalue weighted by atomic mass is 10.1. The summed E-state index contributed by atoms with van der Waals surface area (Å²) in [5.41, 5.74) is -0.102. The maximum absolute atomic E-state index is 13.7. The molecular weight excluding hydrogens is 363 g/mol. The predicted octanol–water partition coefficient (Wildman–Crippen LogP) is 3.86. The van der Waals surface area contributed by atoms with Crippen LogP contribution >= 0.6 is 0 Å². The smallest absolute Gasteiger partial charge is 0.273 e. The van der Waals surface area contributed by atoms with Gasteiger partial charge in [-0.05, 0) is 25.1 Å². The lowest BCUT2D eigenvalue weighted by molar-refractivity contribution is -0.385. The Morgan fingerprint density at radius 2 is 1.85 bits per heavy atom. The van der Waals surface area contributed by atoms with Gasteiger partial charge in [-0.1, -0.05) is 25.1 Å². The van der Waals surface area contributed by atoms with Crippen molar-refractivity contribution in [2.75, 3.05) is 18.4 Å². The summed E-state index contributed by atoms with van der Waals surface area (Å²) < 4.78 is 39.9. The van der Waals surface area contributed by atoms with Gasteiger partial charge in [-0.15, -0.1) is 0 Å². The first-order chi connectivity index (χ1) is 12.8. The van der Waals surface area contributed by atoms with Gasteiger partial charge in [0, 0.05) is 18.2 Å². The molecule has 1 amide bonds. The monoisotopic (exact) mass is 381 g/mol. The number of rotatable bonds is 8. The number of hydrogen-bond acceptors (Lipinski definition) is 4. The molecule has 144 valence electrons. The number of nitro benzene ring substituents is 1. The van der Waals surface area contributed by atoms with Crippen LogP contribution in [0.3, 0.4) is 0 Å². The van der Waals surface area contributed by atoms with Crippen LogP contribution in [0, 0.1) is 27.6 Å². The van der Waals surface area contributed by atoms with E-state index >= 15 is 0 Å². The van der Waals surface area contributed by atoms with Crippen molar-refractivity contribution in [1.82, 2.24) is 4.90 Å². The van der Waals surface area contributed by atoms with Gasteiger partial charge in [0.15, 0.2) is 17.5 Å². The van der Waals surface area contributed by atoms with Crippen molar-refractivity contribution >= 4 is 17.3 Å². The molecular formula is C18H18F3N3O3. The Kier molecular flexibility index (Phi) is 6.89. The summed E-state index contributed by atoms with van der Waals surface area (Å²) in [4.78, 5) is 24.5. The molecule has 2 aromatic carbocycles. The quantitative estimate of drug-likeness (QED) is 0.428. The van der Waals surface area contributed by atoms with E-state index in [0.717, 1.165) is 6.07 Å². The van der Waals surface area contributed by atoms with Crippen LogP contribution in [0.1, 0.15) is 18.9 Å². The summed E-state index contributed by atoms with van der Waals surface area (Å²) in [7, 11) is 0. The van der Waals surface area contributed by atoms with Crippen LogP contribution in [0.25, 0.3) is 0 Å². The Morgan fingerprint density at radius 1 is 1.15 bits per heavy atom. The van der Waals surface area contributed by atoms with Crippen molar-refractivity contribution in [3.05, 3.63) is 69.5 Å². The summed E-state index contributed by atoms with van der Waals surface area (Å²) in [5.74, 6) is -5.15. The van der Waals surface area contributed by atoms with Crippen LogP contribution in [0.2, 0.25) is 0 Å². The van der Waals surface area contributed by atoms with E-state index in [0.29, 0.717) is 24.6 Å². The molecule has 0 aliphatic rings. The van der Waals surface area contributed by atoms with Crippen LogP contribution in [-0.4, -0.2) is 28.8 Å². The third-order valence-corrected chi connectivity index (χ3v) is 3.80. The number of amides is 1. The van der Waals surface area contributed by atoms with Crippen molar-refractivity contribution in [2.24, 2.45) is 0 Å². The van der Waals surface area contributed by atoms with Gasteiger partial charge < -0.3 is 5.32 Å². The zero-order chi connectivity index (χ0) is 20.0. The number of carbonyl (C=O) groups excluding carboxylic acids is 1. The van der Waals surface area contributed by atoms with Crippen LogP contribution in [-0.2, 0) is 11.3 Å². The Labute approximate surface area is 153 Å². The number of carbonyl (C=O) groups is 1. The fourth-order valence-corrected chi connectivity index (χ4v) is 2.61. The fourth-order valence-electron chi connectivity index (χ4n) is 2.61. The maximum Gasteiger partial charge on any atom is 0.273 e. The molecule has 0 saturated heterocycles. The molecule has 0 aromatic heterocycles. The number of nitrogens with one attached hydrogen (secondary N) is 1. The number of nitrogens with zero attached hydrogens (tertiary/aromatic N) is 2. The SMILES string of the molecule is CCCN(CC(=O)Nc1ccc(F)c(F)c1F)Cc1ccccc1[N+](=O)[O-]. The summed E-state index contributed by atoms with van der Waals surface area (Å²) >= 11 is 0. The van der Waals surface area contributed by atoms with E-state index in [1.165, 1.54) is 6.07 Å². The molecule has 0 saturated carbocycles. The normalized spacial score (nSPS) is 10.9. The molecule has 0 atom stereocenters. The lowest BCUT2D eigenvalue weighted by Gasteiger charge is -2.21. The molecule has 0 heterocycles. The van der Waals surface area contributed by atoms with E-state index in [-0.39, 0.29) is 18.8 Å². The standard InChI is InChI=1S/C18H18F3N3O3/c1-2-9-23(10-12-5-3-4-6-15(12)24(26)27)11-16(25)22-14-8-7-13(19)17(20)18(14)21/h3-8H,2,9-11H2,1H3,(H,22,25). The highest BCUT2D eigenvalue weighted by molar-refractivity contribution is 5.92. The average Bonchev–Trinajstić information content (AvgIpc) is 2.62. The topological polar surface area (TPSA) is 75.5 Å². The molecule has 9 heteroatoms. The Bertz CT molecular complexity index is 846. The minimum absolute atomic E-state index is 0.0642. The second kappa shape index (κ2) is 9.13. The summed E-state index contributed by atoms with van der Waals surface area (Å²) in [6.07, 6.45) is 0.674. The highest BCUT2D eigenvalue weighted by Gasteiger charge is 2.19. The van der Waals surface area contributed by atoms with Gasteiger partial charge >= 0.3 is 0 Å². The van der Waals surface area contributed by atoms with E-state index in [1.54, 1.807) is 23.1 Å². The molecule has 0 fully saturated rings. The number of benzene rings is 2. The highest BCUT2D eigenvalue weighted by Crippen LogP contribution is 2.21. The van der Waals surface area contributed by atoms with Crippen molar-refractivity contribution in [1.29, 1.82) is 0 Å². The molecule has 2 rings (SSSR count). The predicted molar refractivity (Wildman–Crippen MR) is 93.6 cm³/mol. The second-order valence-corrected chi connectivity index (χ2v) is 5.87. The lowest BCUT2D eigenvalue weighted by Crippen LogP contribution is -2.34. The third-order valence-electron chi connectivity index (χ3n) is 3.80. The summed E-state index contributed by atoms with van der Waals surface area (Å²) in [6.45, 7) is 2.27. The Morgan fingerprint density at radius 3 is 2.52 bits per heavy atom. The van der Waals surface area contributed by atoms with Crippen LogP contribution in [0.5, 0.6) is 0 Å². The fraction of sp³-hybridized carbons (Fsp3) is 0.278. The van der Waals surface area contributed by atoms with E-state index in [1.807, 2.05) is 6.92 Å². The molecule has 0 spiro atoms. The number of anilines is 1. The number of hydrogen-bond donors (Lipinski definition) is 1. The first-order valence-electron chi connectivity index (χ1n) is 8.21. The van der Waals surface area contributed by atoms with Crippen LogP contribution < -0.4 is 5.32 Å². The third kappa shape index (κ3) is 5.27. The molecule has 6 nitrogen and oxygen atoms in total. The zero-order valence-electron chi connectivity index (χ0n) is 14.5. The van der Waals surface area contributed by atoms with Gasteiger partial charge in [0.1, 0.15) is 0 Å². The van der Waals surface area contributed by atoms with Crippen molar-refractivity contribution in [3.63, 3.8) is 0 Å². The largest absolute Gasteiger partial charge is 0.322 e. The second-order valence-electron chi connectivity index (χ2n) is 5.87. The number of halogens is 3. The molecule has 0 bridgehead atoms. The Balaban J connectivity index is 2.11. The van der Waals surface area contributed by atoms with Gasteiger partial charge in [-0.25, -0.2) is 13.2 Å². The van der Waals surface area contributed by atoms with Crippen molar-refractivity contribution in [2.45, 2.75) is 19.9 Å². The van der Waals surface area contributed by atoms with Gasteiger partial charge in [-0.3, -0.25) is 19.8 Å². The van der Waals surface area contributed by atoms with Crippen LogP contribution in [0.4, 0.5) is 24.5 Å². The number of para-hydroxylation sites is 1. The van der Waals surface area contributed by atoms with Crippen molar-refractivity contribution in [3.8, 4) is 0 Å². The average molecular weight is 381 g/mol. The van der Waals surface area contributed by atoms with E-state index < -0.39 is 34.0 Å². The maximum atomic E-state index is 13.7. The van der Waals surface area contributed by atoms with Gasteiger partial charge in [0.25, 0.3) is 5.69 Å². The summed E-state index contributed by atoms with van der Waals surface area (Å²) in [5, 5.41) is 13.3. The molecule has 2 aromatic rings. The van der Waals surface area contributed by atoms with Gasteiger partial charge in [-0.2, -0.15) is 0 Å². The van der Waals surface area contributed by atoms with E-state index in [4.69, 9.17) is 0 Å². The minimum Gasteiger partial charge on any atom is -0.322 e. The zero-order valence-corrected chi connectivity index (χ0v) is 14.5. The van der Waals surface area contributed by atoms with Gasteiger partial charge in [0.05, 0.1) is 17.2 Å². The minimum atomic E-state index is -1.67. The summed E-state index contributed by atoms with van der Waals surface area (Å²) in [6, 6.07) is 7.81. The first kappa shape index (κ1) is 20.4. The van der Waals surface area contributed by atoms with Crippen LogP contribution in [0.15, 0.2) is 36.4 Å². The molecule has 1 N–H and O–H groups in total. The molecule has 0 aliphatic carbocycles. The van der Waals surface area contributed by atoms with Crippen molar-refractivity contribution < 1.29 is 22.9 Å². The number of nitro groups is 1. The molecule has 0 unspecified atom stereocenters. The first-order valence-corrected chi connectivity index (χ1v) is 8.21. The van der Waals surface area contributed by atoms with E-state index in [9.17, 15) is 28.1 Å². The molecule has 27 heavy (non-hydrogen) atoms. The Hall–Kier alpha value is -2.94. The molecule has 0 radical (unpaired) electrons. The van der Waals surface area contributed by atoms with E-state index in [2.05, 4.69) is 5.32 Å². The highest BCUT2D eigenvalue weighted by atomic mass is 19.2.